The first-order chi connectivity index (χ1) is 11.9. The van der Waals surface area contributed by atoms with Crippen LogP contribution in [0.1, 0.15) is 0 Å². The molecule has 0 radical (unpaired) electrons. The lowest BCUT2D eigenvalue weighted by atomic mass is 10.1. The van der Waals surface area contributed by atoms with E-state index >= 15 is 0 Å². The Morgan fingerprint density at radius 3 is 2.71 bits per heavy atom. The van der Waals surface area contributed by atoms with Crippen molar-refractivity contribution < 1.29 is 0 Å². The molecule has 5 aromatic rings. The van der Waals surface area contributed by atoms with Crippen LogP contribution in [0.25, 0.3) is 44.6 Å². The zero-order chi connectivity index (χ0) is 15.9. The standard InChI is InChI=1S/C18H12N6/c1-2-5-20-14(3-1)15-8-12-17(10-21-15)23-24-18(12)16-7-11-9-19-6-4-13(11)22-16/h1-10,22H,(H,23,24). The molecule has 5 heterocycles. The maximum absolute atomic E-state index is 4.47. The van der Waals surface area contributed by atoms with Crippen molar-refractivity contribution in [2.24, 2.45) is 0 Å². The van der Waals surface area contributed by atoms with Gasteiger partial charge in [0, 0.05) is 34.9 Å². The van der Waals surface area contributed by atoms with Gasteiger partial charge in [0.15, 0.2) is 0 Å². The Labute approximate surface area is 136 Å². The summed E-state index contributed by atoms with van der Waals surface area (Å²) in [5.74, 6) is 0. The third-order valence-corrected chi connectivity index (χ3v) is 4.05. The van der Waals surface area contributed by atoms with E-state index in [4.69, 9.17) is 0 Å². The monoisotopic (exact) mass is 312 g/mol. The zero-order valence-corrected chi connectivity index (χ0v) is 12.6. The van der Waals surface area contributed by atoms with Gasteiger partial charge in [-0.25, -0.2) is 0 Å². The molecule has 6 nitrogen and oxygen atoms in total. The first-order valence-electron chi connectivity index (χ1n) is 7.57. The first-order valence-corrected chi connectivity index (χ1v) is 7.57. The van der Waals surface area contributed by atoms with Crippen LogP contribution < -0.4 is 0 Å². The van der Waals surface area contributed by atoms with Crippen LogP contribution in [0.3, 0.4) is 0 Å². The van der Waals surface area contributed by atoms with Gasteiger partial charge in [-0.1, -0.05) is 6.07 Å². The number of aromatic nitrogens is 6. The van der Waals surface area contributed by atoms with Crippen molar-refractivity contribution >= 4 is 21.8 Å². The van der Waals surface area contributed by atoms with E-state index in [0.29, 0.717) is 0 Å². The fraction of sp³-hybridized carbons (Fsp3) is 0. The van der Waals surface area contributed by atoms with Gasteiger partial charge in [0.05, 0.1) is 28.8 Å². The van der Waals surface area contributed by atoms with Crippen molar-refractivity contribution in [2.75, 3.05) is 0 Å². The molecule has 0 spiro atoms. The van der Waals surface area contributed by atoms with Gasteiger partial charge in [0.25, 0.3) is 0 Å². The van der Waals surface area contributed by atoms with E-state index in [-0.39, 0.29) is 0 Å². The minimum atomic E-state index is 0.823. The second-order valence-corrected chi connectivity index (χ2v) is 5.55. The Morgan fingerprint density at radius 1 is 0.833 bits per heavy atom. The second kappa shape index (κ2) is 4.99. The topological polar surface area (TPSA) is 83.1 Å². The number of hydrogen-bond acceptors (Lipinski definition) is 4. The van der Waals surface area contributed by atoms with Crippen LogP contribution in [0.4, 0.5) is 0 Å². The minimum absolute atomic E-state index is 0.823. The van der Waals surface area contributed by atoms with Crippen molar-refractivity contribution in [2.45, 2.75) is 0 Å². The molecule has 0 aliphatic rings. The normalized spacial score (nSPS) is 11.3. The SMILES string of the molecule is c1ccc(-c2cc3c(-c4cc5cnccc5[nH]4)n[nH]c3cn2)nc1. The van der Waals surface area contributed by atoms with Gasteiger partial charge in [-0.05, 0) is 30.3 Å². The number of aromatic amines is 2. The molecular formula is C18H12N6. The fourth-order valence-electron chi connectivity index (χ4n) is 2.88. The minimum Gasteiger partial charge on any atom is -0.353 e. The number of H-pyrrole nitrogens is 2. The summed E-state index contributed by atoms with van der Waals surface area (Å²) >= 11 is 0. The number of hydrogen-bond donors (Lipinski definition) is 2. The van der Waals surface area contributed by atoms with E-state index in [1.54, 1.807) is 18.6 Å². The average molecular weight is 312 g/mol. The van der Waals surface area contributed by atoms with Gasteiger partial charge < -0.3 is 4.98 Å². The summed E-state index contributed by atoms with van der Waals surface area (Å²) in [6.45, 7) is 0. The summed E-state index contributed by atoms with van der Waals surface area (Å²) in [5.41, 5.74) is 5.40. The Morgan fingerprint density at radius 2 is 1.83 bits per heavy atom. The first kappa shape index (κ1) is 13.0. The van der Waals surface area contributed by atoms with Crippen LogP contribution in [-0.2, 0) is 0 Å². The number of nitrogens with zero attached hydrogens (tertiary/aromatic N) is 4. The molecule has 0 saturated heterocycles. The van der Waals surface area contributed by atoms with E-state index in [9.17, 15) is 0 Å². The lowest BCUT2D eigenvalue weighted by Crippen LogP contribution is -1.86. The lowest BCUT2D eigenvalue weighted by molar-refractivity contribution is 1.11. The third-order valence-electron chi connectivity index (χ3n) is 4.05. The molecule has 2 N–H and O–H groups in total. The predicted octanol–water partition coefficient (Wildman–Crippen LogP) is 3.56. The number of pyridine rings is 3. The summed E-state index contributed by atoms with van der Waals surface area (Å²) in [7, 11) is 0. The summed E-state index contributed by atoms with van der Waals surface area (Å²) in [6, 6.07) is 11.8. The Bertz CT molecular complexity index is 1120. The van der Waals surface area contributed by atoms with Crippen molar-refractivity contribution in [1.82, 2.24) is 30.1 Å². The van der Waals surface area contributed by atoms with Crippen molar-refractivity contribution in [3.63, 3.8) is 0 Å². The average Bonchev–Trinajstić information content (AvgIpc) is 3.25. The Balaban J connectivity index is 1.71. The molecule has 0 aliphatic carbocycles. The highest BCUT2D eigenvalue weighted by atomic mass is 15.1. The van der Waals surface area contributed by atoms with Gasteiger partial charge in [-0.3, -0.25) is 20.1 Å². The summed E-state index contributed by atoms with van der Waals surface area (Å²) < 4.78 is 0. The summed E-state index contributed by atoms with van der Waals surface area (Å²) in [4.78, 5) is 16.4. The Hall–Kier alpha value is -3.54. The highest BCUT2D eigenvalue weighted by Crippen LogP contribution is 2.29. The number of fused-ring (bicyclic) bond motifs is 2. The molecule has 0 bridgehead atoms. The van der Waals surface area contributed by atoms with Gasteiger partial charge in [-0.15, -0.1) is 0 Å². The number of rotatable bonds is 2. The lowest BCUT2D eigenvalue weighted by Gasteiger charge is -2.00. The maximum Gasteiger partial charge on any atom is 0.116 e. The highest BCUT2D eigenvalue weighted by Gasteiger charge is 2.13. The van der Waals surface area contributed by atoms with E-state index in [0.717, 1.165) is 44.6 Å². The molecule has 0 amide bonds. The number of nitrogens with one attached hydrogen (secondary N) is 2. The highest BCUT2D eigenvalue weighted by molar-refractivity contribution is 5.96. The molecule has 114 valence electrons. The Kier molecular flexibility index (Phi) is 2.69. The van der Waals surface area contributed by atoms with Crippen LogP contribution in [-0.4, -0.2) is 30.1 Å². The molecular weight excluding hydrogens is 300 g/mol. The van der Waals surface area contributed by atoms with Crippen LogP contribution in [0.5, 0.6) is 0 Å². The molecule has 0 aromatic carbocycles. The van der Waals surface area contributed by atoms with Crippen molar-refractivity contribution in [1.29, 1.82) is 0 Å². The largest absolute Gasteiger partial charge is 0.353 e. The van der Waals surface area contributed by atoms with Gasteiger partial charge in [-0.2, -0.15) is 5.10 Å². The molecule has 5 aromatic heterocycles. The van der Waals surface area contributed by atoms with Crippen LogP contribution in [0.2, 0.25) is 0 Å². The molecule has 0 aliphatic heterocycles. The van der Waals surface area contributed by atoms with Crippen LogP contribution >= 0.6 is 0 Å². The van der Waals surface area contributed by atoms with E-state index in [2.05, 4.69) is 36.2 Å². The molecule has 0 atom stereocenters. The van der Waals surface area contributed by atoms with Gasteiger partial charge in [0.1, 0.15) is 5.69 Å². The van der Waals surface area contributed by atoms with E-state index in [1.165, 1.54) is 0 Å². The second-order valence-electron chi connectivity index (χ2n) is 5.55. The maximum atomic E-state index is 4.47. The molecule has 6 heteroatoms. The summed E-state index contributed by atoms with van der Waals surface area (Å²) in [6.07, 6.45) is 7.17. The molecule has 0 saturated carbocycles. The molecule has 0 unspecified atom stereocenters. The van der Waals surface area contributed by atoms with Crippen molar-refractivity contribution in [3.8, 4) is 22.8 Å². The quantitative estimate of drug-likeness (QED) is 0.522. The third kappa shape index (κ3) is 1.97. The molecule has 24 heavy (non-hydrogen) atoms. The van der Waals surface area contributed by atoms with Gasteiger partial charge >= 0.3 is 0 Å². The van der Waals surface area contributed by atoms with E-state index < -0.39 is 0 Å². The van der Waals surface area contributed by atoms with Crippen molar-refractivity contribution in [3.05, 3.63) is 61.2 Å². The predicted molar refractivity (Wildman–Crippen MR) is 92.2 cm³/mol. The fourth-order valence-corrected chi connectivity index (χ4v) is 2.88. The van der Waals surface area contributed by atoms with Gasteiger partial charge in [0.2, 0.25) is 0 Å². The summed E-state index contributed by atoms with van der Waals surface area (Å²) in [5, 5.41) is 9.56. The molecule has 5 rings (SSSR count). The molecule has 0 fully saturated rings. The van der Waals surface area contributed by atoms with E-state index in [1.807, 2.05) is 36.5 Å². The smallest absolute Gasteiger partial charge is 0.116 e. The zero-order valence-electron chi connectivity index (χ0n) is 12.6. The van der Waals surface area contributed by atoms with Crippen LogP contribution in [0, 0.1) is 0 Å². The van der Waals surface area contributed by atoms with Crippen LogP contribution in [0.15, 0.2) is 61.2 Å².